The van der Waals surface area contributed by atoms with Crippen molar-refractivity contribution in [2.75, 3.05) is 7.05 Å². The highest BCUT2D eigenvalue weighted by molar-refractivity contribution is 7.88. The second-order valence-corrected chi connectivity index (χ2v) is 7.82. The first-order valence-electron chi connectivity index (χ1n) is 8.42. The van der Waals surface area contributed by atoms with Crippen LogP contribution in [0.15, 0.2) is 29.8 Å². The van der Waals surface area contributed by atoms with E-state index >= 15 is 0 Å². The fourth-order valence-corrected chi connectivity index (χ4v) is 4.32. The summed E-state index contributed by atoms with van der Waals surface area (Å²) in [6.07, 6.45) is 2.18. The van der Waals surface area contributed by atoms with Gasteiger partial charge in [-0.2, -0.15) is 8.42 Å². The van der Waals surface area contributed by atoms with Crippen molar-refractivity contribution in [2.24, 2.45) is 0 Å². The van der Waals surface area contributed by atoms with Crippen molar-refractivity contribution in [1.82, 2.24) is 5.32 Å². The Hall–Kier alpha value is -2.95. The third kappa shape index (κ3) is 5.06. The second-order valence-electron chi connectivity index (χ2n) is 6.10. The van der Waals surface area contributed by atoms with Crippen molar-refractivity contribution in [3.05, 3.63) is 45.5 Å². The average molecular weight is 412 g/mol. The lowest BCUT2D eigenvalue weighted by Crippen LogP contribution is -2.32. The highest BCUT2D eigenvalue weighted by Gasteiger charge is 2.36. The predicted molar refractivity (Wildman–Crippen MR) is 98.3 cm³/mol. The van der Waals surface area contributed by atoms with Crippen molar-refractivity contribution in [2.45, 2.75) is 38.0 Å². The monoisotopic (exact) mass is 412 g/mol. The minimum Gasteiger partial charge on any atom is -0.445 e. The third-order valence-corrected chi connectivity index (χ3v) is 5.74. The van der Waals surface area contributed by atoms with Gasteiger partial charge in [0.25, 0.3) is 0 Å². The summed E-state index contributed by atoms with van der Waals surface area (Å²) >= 11 is 0. The Labute approximate surface area is 161 Å². The van der Waals surface area contributed by atoms with E-state index in [1.54, 1.807) is 6.08 Å². The van der Waals surface area contributed by atoms with E-state index in [0.717, 1.165) is 12.1 Å². The number of ketones is 1. The molecule has 0 aliphatic heterocycles. The Morgan fingerprint density at radius 3 is 2.68 bits per heavy atom. The zero-order valence-electron chi connectivity index (χ0n) is 15.3. The third-order valence-electron chi connectivity index (χ3n) is 4.14. The van der Waals surface area contributed by atoms with Crippen molar-refractivity contribution in [3.63, 3.8) is 0 Å². The Balaban J connectivity index is 2.30. The first-order chi connectivity index (χ1) is 13.2. The van der Waals surface area contributed by atoms with Gasteiger partial charge in [0.1, 0.15) is 11.9 Å². The van der Waals surface area contributed by atoms with Crippen LogP contribution in [0.4, 0.5) is 10.5 Å². The van der Waals surface area contributed by atoms with E-state index in [0.29, 0.717) is 12.8 Å². The number of ether oxygens (including phenoxy) is 1. The topological polar surface area (TPSA) is 142 Å². The summed E-state index contributed by atoms with van der Waals surface area (Å²) < 4.78 is 35.2. The summed E-state index contributed by atoms with van der Waals surface area (Å²) in [6.45, 7) is 1.02. The largest absolute Gasteiger partial charge is 0.445 e. The lowest BCUT2D eigenvalue weighted by Gasteiger charge is -2.22. The van der Waals surface area contributed by atoms with Gasteiger partial charge in [-0.15, -0.1) is 0 Å². The standard InChI is InChI=1S/C17H20N2O8S/c1-11(20)13-5-3-4-6-16(13)28(24,25)27-15-8-7-12(9-14(15)19(22)23)10-26-17(21)18-2/h5,7-9,16H,3-4,6,10H2,1-2H3,(H,18,21). The first-order valence-corrected chi connectivity index (χ1v) is 9.89. The smallest absolute Gasteiger partial charge is 0.407 e. The van der Waals surface area contributed by atoms with Gasteiger partial charge in [0, 0.05) is 18.7 Å². The van der Waals surface area contributed by atoms with Crippen LogP contribution >= 0.6 is 0 Å². The van der Waals surface area contributed by atoms with E-state index in [2.05, 4.69) is 5.32 Å². The SMILES string of the molecule is CNC(=O)OCc1ccc(OS(=O)(=O)C2CCCC=C2C(C)=O)c([N+](=O)[O-])c1. The van der Waals surface area contributed by atoms with Crippen LogP contribution in [0.25, 0.3) is 0 Å². The Kier molecular flexibility index (Phi) is 6.73. The van der Waals surface area contributed by atoms with E-state index in [1.807, 2.05) is 0 Å². The van der Waals surface area contributed by atoms with Gasteiger partial charge >= 0.3 is 21.9 Å². The lowest BCUT2D eigenvalue weighted by atomic mass is 9.96. The molecule has 152 valence electrons. The number of hydrogen-bond donors (Lipinski definition) is 1. The number of amides is 1. The number of nitrogens with zero attached hydrogens (tertiary/aromatic N) is 1. The number of alkyl carbamates (subject to hydrolysis) is 1. The maximum atomic E-state index is 12.7. The van der Waals surface area contributed by atoms with Crippen LogP contribution in [0.3, 0.4) is 0 Å². The molecule has 1 N–H and O–H groups in total. The minimum absolute atomic E-state index is 0.129. The van der Waals surface area contributed by atoms with Crippen LogP contribution in [0, 0.1) is 10.1 Å². The fourth-order valence-electron chi connectivity index (χ4n) is 2.79. The first kappa shape index (κ1) is 21.4. The van der Waals surface area contributed by atoms with Crippen LogP contribution in [0.2, 0.25) is 0 Å². The zero-order valence-corrected chi connectivity index (χ0v) is 16.2. The molecule has 1 aromatic rings. The number of carbonyl (C=O) groups excluding carboxylic acids is 2. The van der Waals surface area contributed by atoms with Gasteiger partial charge in [-0.05, 0) is 37.8 Å². The number of allylic oxidation sites excluding steroid dienone is 1. The molecule has 0 spiro atoms. The van der Waals surface area contributed by atoms with Gasteiger partial charge in [-0.1, -0.05) is 12.1 Å². The quantitative estimate of drug-likeness (QED) is 0.408. The molecule has 0 aromatic heterocycles. The highest BCUT2D eigenvalue weighted by atomic mass is 32.2. The lowest BCUT2D eigenvalue weighted by molar-refractivity contribution is -0.385. The van der Waals surface area contributed by atoms with Crippen molar-refractivity contribution >= 4 is 27.7 Å². The summed E-state index contributed by atoms with van der Waals surface area (Å²) in [4.78, 5) is 33.4. The molecule has 0 bridgehead atoms. The van der Waals surface area contributed by atoms with Gasteiger partial charge in [-0.25, -0.2) is 4.79 Å². The molecule has 1 aromatic carbocycles. The van der Waals surface area contributed by atoms with Gasteiger partial charge in [0.15, 0.2) is 5.78 Å². The zero-order chi connectivity index (χ0) is 20.9. The minimum atomic E-state index is -4.32. The molecule has 0 fully saturated rings. The number of nitrogens with one attached hydrogen (secondary N) is 1. The number of hydrogen-bond acceptors (Lipinski definition) is 8. The van der Waals surface area contributed by atoms with Crippen molar-refractivity contribution < 1.29 is 31.9 Å². The maximum Gasteiger partial charge on any atom is 0.407 e. The average Bonchev–Trinajstić information content (AvgIpc) is 2.66. The van der Waals surface area contributed by atoms with E-state index in [-0.39, 0.29) is 29.9 Å². The van der Waals surface area contributed by atoms with E-state index in [1.165, 1.54) is 20.0 Å². The van der Waals surface area contributed by atoms with Gasteiger partial charge < -0.3 is 14.2 Å². The number of Topliss-reactive ketones (excluding diaryl/α,β-unsaturated/α-hetero) is 1. The molecule has 1 atom stereocenters. The number of nitro groups is 1. The highest BCUT2D eigenvalue weighted by Crippen LogP contribution is 2.33. The normalized spacial score (nSPS) is 16.6. The molecule has 11 heteroatoms. The van der Waals surface area contributed by atoms with Crippen molar-refractivity contribution in [3.8, 4) is 5.75 Å². The van der Waals surface area contributed by atoms with Crippen LogP contribution in [-0.2, 0) is 26.3 Å². The fraction of sp³-hybridized carbons (Fsp3) is 0.412. The van der Waals surface area contributed by atoms with Crippen LogP contribution in [0.5, 0.6) is 5.75 Å². The molecule has 2 rings (SSSR count). The molecular formula is C17H20N2O8S. The molecule has 0 radical (unpaired) electrons. The van der Waals surface area contributed by atoms with Gasteiger partial charge in [0.2, 0.25) is 5.75 Å². The number of benzene rings is 1. The molecule has 10 nitrogen and oxygen atoms in total. The molecule has 1 amide bonds. The van der Waals surface area contributed by atoms with E-state index in [9.17, 15) is 28.1 Å². The van der Waals surface area contributed by atoms with Gasteiger partial charge in [0.05, 0.1) is 4.92 Å². The summed E-state index contributed by atoms with van der Waals surface area (Å²) in [5.74, 6) is -0.852. The van der Waals surface area contributed by atoms with Crippen LogP contribution in [0.1, 0.15) is 31.7 Å². The summed E-state index contributed by atoms with van der Waals surface area (Å²) in [5, 5.41) is 12.4. The number of carbonyl (C=O) groups is 2. The molecule has 0 saturated heterocycles. The molecule has 1 unspecified atom stereocenters. The Morgan fingerprint density at radius 1 is 1.36 bits per heavy atom. The van der Waals surface area contributed by atoms with E-state index < -0.39 is 37.8 Å². The summed E-state index contributed by atoms with van der Waals surface area (Å²) in [7, 11) is -2.96. The maximum absolute atomic E-state index is 12.7. The Bertz CT molecular complexity index is 923. The van der Waals surface area contributed by atoms with Crippen molar-refractivity contribution in [1.29, 1.82) is 0 Å². The molecule has 1 aliphatic rings. The summed E-state index contributed by atoms with van der Waals surface area (Å²) in [6, 6.07) is 3.54. The van der Waals surface area contributed by atoms with Crippen LogP contribution < -0.4 is 9.50 Å². The molecule has 0 saturated carbocycles. The molecular weight excluding hydrogens is 392 g/mol. The molecule has 1 aliphatic carbocycles. The molecule has 0 heterocycles. The van der Waals surface area contributed by atoms with E-state index in [4.69, 9.17) is 8.92 Å². The molecule has 28 heavy (non-hydrogen) atoms. The van der Waals surface area contributed by atoms with Gasteiger partial charge in [-0.3, -0.25) is 14.9 Å². The Morgan fingerprint density at radius 2 is 2.07 bits per heavy atom. The van der Waals surface area contributed by atoms with Crippen LogP contribution in [-0.4, -0.2) is 37.5 Å². The number of nitro benzene ring substituents is 1. The second kappa shape index (κ2) is 8.83. The predicted octanol–water partition coefficient (Wildman–Crippen LogP) is 2.23. The summed E-state index contributed by atoms with van der Waals surface area (Å²) in [5.41, 5.74) is -0.183. The number of rotatable bonds is 7.